The Bertz CT molecular complexity index is 196. The standard InChI is InChI=1S/C11H23N3O/c1-2-8-15-10-4-3-6-14(9-10)7-5-11(12)13/h10H,2-9H2,1H3,(H3,12,13). The van der Waals surface area contributed by atoms with E-state index in [0.717, 1.165) is 32.7 Å². The predicted molar refractivity (Wildman–Crippen MR) is 62.2 cm³/mol. The number of nitrogens with one attached hydrogen (secondary N) is 1. The third-order valence-electron chi connectivity index (χ3n) is 2.72. The molecule has 1 aliphatic heterocycles. The molecule has 0 aromatic carbocycles. The molecule has 1 fully saturated rings. The summed E-state index contributed by atoms with van der Waals surface area (Å²) in [5, 5.41) is 7.19. The molecule has 1 rings (SSSR count). The first-order chi connectivity index (χ1) is 7.22. The molecular formula is C11H23N3O. The summed E-state index contributed by atoms with van der Waals surface area (Å²) < 4.78 is 5.74. The molecule has 1 unspecified atom stereocenters. The van der Waals surface area contributed by atoms with Crippen molar-refractivity contribution >= 4 is 5.84 Å². The molecule has 1 heterocycles. The second-order valence-corrected chi connectivity index (χ2v) is 4.21. The van der Waals surface area contributed by atoms with E-state index < -0.39 is 0 Å². The third-order valence-corrected chi connectivity index (χ3v) is 2.72. The molecule has 15 heavy (non-hydrogen) atoms. The number of nitrogens with zero attached hydrogens (tertiary/aromatic N) is 1. The number of nitrogens with two attached hydrogens (primary N) is 1. The second kappa shape index (κ2) is 6.80. The summed E-state index contributed by atoms with van der Waals surface area (Å²) in [5.41, 5.74) is 5.35. The quantitative estimate of drug-likeness (QED) is 0.515. The first-order valence-corrected chi connectivity index (χ1v) is 5.89. The van der Waals surface area contributed by atoms with Gasteiger partial charge >= 0.3 is 0 Å². The van der Waals surface area contributed by atoms with Crippen LogP contribution in [-0.2, 0) is 4.74 Å². The van der Waals surface area contributed by atoms with Crippen molar-refractivity contribution in [2.24, 2.45) is 5.73 Å². The molecule has 3 N–H and O–H groups in total. The van der Waals surface area contributed by atoms with Crippen molar-refractivity contribution in [1.82, 2.24) is 4.90 Å². The Morgan fingerprint density at radius 2 is 2.40 bits per heavy atom. The van der Waals surface area contributed by atoms with Crippen molar-refractivity contribution in [3.8, 4) is 0 Å². The molecule has 0 bridgehead atoms. The highest BCUT2D eigenvalue weighted by atomic mass is 16.5. The van der Waals surface area contributed by atoms with Crippen molar-refractivity contribution in [3.63, 3.8) is 0 Å². The molecule has 0 amide bonds. The van der Waals surface area contributed by atoms with Gasteiger partial charge in [0.1, 0.15) is 0 Å². The smallest absolute Gasteiger partial charge is 0.0918 e. The lowest BCUT2D eigenvalue weighted by Crippen LogP contribution is -2.41. The Kier molecular flexibility index (Phi) is 5.65. The van der Waals surface area contributed by atoms with E-state index in [-0.39, 0.29) is 5.84 Å². The molecule has 88 valence electrons. The van der Waals surface area contributed by atoms with E-state index in [1.807, 2.05) is 0 Å². The number of amidine groups is 1. The van der Waals surface area contributed by atoms with Crippen LogP contribution in [-0.4, -0.2) is 43.1 Å². The predicted octanol–water partition coefficient (Wildman–Crippen LogP) is 1.20. The van der Waals surface area contributed by atoms with E-state index in [1.165, 1.54) is 12.8 Å². The van der Waals surface area contributed by atoms with Gasteiger partial charge in [-0.15, -0.1) is 0 Å². The molecule has 4 heteroatoms. The molecule has 0 spiro atoms. The van der Waals surface area contributed by atoms with Crippen molar-refractivity contribution in [2.45, 2.75) is 38.7 Å². The largest absolute Gasteiger partial charge is 0.388 e. The molecule has 0 saturated carbocycles. The fraction of sp³-hybridized carbons (Fsp3) is 0.909. The van der Waals surface area contributed by atoms with Gasteiger partial charge in [-0.3, -0.25) is 5.41 Å². The van der Waals surface area contributed by atoms with Gasteiger partial charge in [-0.1, -0.05) is 6.92 Å². The SMILES string of the molecule is CCCOC1CCCN(CCC(=N)N)C1. The van der Waals surface area contributed by atoms with E-state index in [0.29, 0.717) is 12.5 Å². The summed E-state index contributed by atoms with van der Waals surface area (Å²) >= 11 is 0. The first kappa shape index (κ1) is 12.5. The van der Waals surface area contributed by atoms with Crippen LogP contribution < -0.4 is 5.73 Å². The van der Waals surface area contributed by atoms with Gasteiger partial charge in [0, 0.05) is 26.1 Å². The van der Waals surface area contributed by atoms with E-state index >= 15 is 0 Å². The van der Waals surface area contributed by atoms with E-state index in [9.17, 15) is 0 Å². The maximum Gasteiger partial charge on any atom is 0.0918 e. The lowest BCUT2D eigenvalue weighted by molar-refractivity contribution is 0.000712. The summed E-state index contributed by atoms with van der Waals surface area (Å²) in [6.07, 6.45) is 4.54. The molecule has 0 radical (unpaired) electrons. The highest BCUT2D eigenvalue weighted by Gasteiger charge is 2.19. The zero-order chi connectivity index (χ0) is 11.1. The lowest BCUT2D eigenvalue weighted by Gasteiger charge is -2.32. The lowest BCUT2D eigenvalue weighted by atomic mass is 10.1. The van der Waals surface area contributed by atoms with Crippen LogP contribution in [0.2, 0.25) is 0 Å². The maximum absolute atomic E-state index is 7.19. The Hall–Kier alpha value is -0.610. The van der Waals surface area contributed by atoms with Crippen molar-refractivity contribution < 1.29 is 4.74 Å². The van der Waals surface area contributed by atoms with Gasteiger partial charge in [0.05, 0.1) is 11.9 Å². The Balaban J connectivity index is 2.19. The van der Waals surface area contributed by atoms with Crippen LogP contribution in [0.5, 0.6) is 0 Å². The number of hydrogen-bond acceptors (Lipinski definition) is 3. The zero-order valence-electron chi connectivity index (χ0n) is 9.67. The first-order valence-electron chi connectivity index (χ1n) is 5.89. The van der Waals surface area contributed by atoms with Gasteiger partial charge < -0.3 is 15.4 Å². The number of rotatable bonds is 6. The maximum atomic E-state index is 7.19. The summed E-state index contributed by atoms with van der Waals surface area (Å²) in [6, 6.07) is 0. The summed E-state index contributed by atoms with van der Waals surface area (Å²) in [6.45, 7) is 6.04. The van der Waals surface area contributed by atoms with Gasteiger partial charge in [-0.05, 0) is 25.8 Å². The Morgan fingerprint density at radius 1 is 1.60 bits per heavy atom. The van der Waals surface area contributed by atoms with Crippen LogP contribution in [0.3, 0.4) is 0 Å². The molecule has 0 aromatic rings. The van der Waals surface area contributed by atoms with Gasteiger partial charge in [0.25, 0.3) is 0 Å². The van der Waals surface area contributed by atoms with E-state index in [1.54, 1.807) is 0 Å². The zero-order valence-corrected chi connectivity index (χ0v) is 9.67. The van der Waals surface area contributed by atoms with Crippen LogP contribution in [0.25, 0.3) is 0 Å². The third kappa shape index (κ3) is 5.14. The van der Waals surface area contributed by atoms with Gasteiger partial charge in [-0.25, -0.2) is 0 Å². The van der Waals surface area contributed by atoms with Crippen molar-refractivity contribution in [1.29, 1.82) is 5.41 Å². The average Bonchev–Trinajstić information content (AvgIpc) is 2.24. The Morgan fingerprint density at radius 3 is 3.07 bits per heavy atom. The molecule has 4 nitrogen and oxygen atoms in total. The van der Waals surface area contributed by atoms with Crippen molar-refractivity contribution in [3.05, 3.63) is 0 Å². The molecular weight excluding hydrogens is 190 g/mol. The average molecular weight is 213 g/mol. The van der Waals surface area contributed by atoms with Gasteiger partial charge in [0.2, 0.25) is 0 Å². The monoisotopic (exact) mass is 213 g/mol. The minimum Gasteiger partial charge on any atom is -0.388 e. The van der Waals surface area contributed by atoms with Crippen LogP contribution in [0.1, 0.15) is 32.6 Å². The summed E-state index contributed by atoms with van der Waals surface area (Å²) in [4.78, 5) is 2.35. The molecule has 1 atom stereocenters. The van der Waals surface area contributed by atoms with Crippen LogP contribution in [0, 0.1) is 5.41 Å². The fourth-order valence-electron chi connectivity index (χ4n) is 1.92. The summed E-state index contributed by atoms with van der Waals surface area (Å²) in [7, 11) is 0. The van der Waals surface area contributed by atoms with Crippen LogP contribution in [0.15, 0.2) is 0 Å². The summed E-state index contributed by atoms with van der Waals surface area (Å²) in [5.74, 6) is 0.284. The number of likely N-dealkylation sites (tertiary alicyclic amines) is 1. The van der Waals surface area contributed by atoms with Crippen LogP contribution >= 0.6 is 0 Å². The van der Waals surface area contributed by atoms with Crippen molar-refractivity contribution in [2.75, 3.05) is 26.2 Å². The highest BCUT2D eigenvalue weighted by molar-refractivity contribution is 5.76. The number of ether oxygens (including phenoxy) is 1. The minimum atomic E-state index is 0.284. The van der Waals surface area contributed by atoms with Gasteiger partial charge in [-0.2, -0.15) is 0 Å². The van der Waals surface area contributed by atoms with E-state index in [4.69, 9.17) is 15.9 Å². The second-order valence-electron chi connectivity index (χ2n) is 4.21. The molecule has 0 aromatic heterocycles. The highest BCUT2D eigenvalue weighted by Crippen LogP contribution is 2.13. The minimum absolute atomic E-state index is 0.284. The molecule has 1 saturated heterocycles. The van der Waals surface area contributed by atoms with Gasteiger partial charge in [0.15, 0.2) is 0 Å². The fourth-order valence-corrected chi connectivity index (χ4v) is 1.92. The Labute approximate surface area is 92.3 Å². The normalized spacial score (nSPS) is 22.9. The van der Waals surface area contributed by atoms with Crippen LogP contribution in [0.4, 0.5) is 0 Å². The number of piperidine rings is 1. The van der Waals surface area contributed by atoms with E-state index in [2.05, 4.69) is 11.8 Å². The topological polar surface area (TPSA) is 62.3 Å². The number of hydrogen-bond donors (Lipinski definition) is 2. The molecule has 1 aliphatic rings. The molecule has 0 aliphatic carbocycles.